The van der Waals surface area contributed by atoms with Crippen molar-refractivity contribution in [3.63, 3.8) is 0 Å². The molecule has 0 bridgehead atoms. The summed E-state index contributed by atoms with van der Waals surface area (Å²) in [6.45, 7) is 8.23. The van der Waals surface area contributed by atoms with E-state index in [0.29, 0.717) is 36.8 Å². The summed E-state index contributed by atoms with van der Waals surface area (Å²) in [5, 5.41) is 3.89. The largest absolute Gasteiger partial charge is 0.374 e. The van der Waals surface area contributed by atoms with Crippen LogP contribution >= 0.6 is 0 Å². The maximum absolute atomic E-state index is 5.63. The highest BCUT2D eigenvalue weighted by molar-refractivity contribution is 4.85. The fourth-order valence-corrected chi connectivity index (χ4v) is 1.98. The van der Waals surface area contributed by atoms with Crippen molar-refractivity contribution in [2.75, 3.05) is 13.2 Å². The van der Waals surface area contributed by atoms with Crippen LogP contribution in [0.3, 0.4) is 0 Å². The fraction of sp³-hybridized carbons (Fsp3) is 0.846. The molecule has 1 heterocycles. The lowest BCUT2D eigenvalue weighted by Crippen LogP contribution is -2.15. The lowest BCUT2D eigenvalue weighted by atomic mass is 9.88. The van der Waals surface area contributed by atoms with Crippen LogP contribution in [0.1, 0.15) is 45.3 Å². The van der Waals surface area contributed by atoms with E-state index in [-0.39, 0.29) is 0 Å². The molecule has 0 aliphatic carbocycles. The molecule has 0 fully saturated rings. The van der Waals surface area contributed by atoms with E-state index in [1.807, 2.05) is 6.92 Å². The van der Waals surface area contributed by atoms with Gasteiger partial charge in [-0.3, -0.25) is 0 Å². The zero-order chi connectivity index (χ0) is 13.4. The van der Waals surface area contributed by atoms with Crippen LogP contribution in [0.4, 0.5) is 0 Å². The third kappa shape index (κ3) is 5.14. The second-order valence-corrected chi connectivity index (χ2v) is 4.86. The molecule has 0 amide bonds. The van der Waals surface area contributed by atoms with Crippen molar-refractivity contribution in [2.45, 2.75) is 46.6 Å². The van der Waals surface area contributed by atoms with Crippen molar-refractivity contribution in [3.8, 4) is 0 Å². The molecule has 0 spiro atoms. The number of ether oxygens (including phenoxy) is 1. The number of aromatic nitrogens is 2. The number of nitrogens with two attached hydrogens (primary N) is 1. The monoisotopic (exact) mass is 255 g/mol. The van der Waals surface area contributed by atoms with E-state index in [9.17, 15) is 0 Å². The van der Waals surface area contributed by atoms with Gasteiger partial charge in [-0.05, 0) is 38.1 Å². The average molecular weight is 255 g/mol. The minimum Gasteiger partial charge on any atom is -0.374 e. The third-order valence-electron chi connectivity index (χ3n) is 3.15. The quantitative estimate of drug-likeness (QED) is 0.732. The molecule has 0 aliphatic rings. The topological polar surface area (TPSA) is 74.2 Å². The van der Waals surface area contributed by atoms with Crippen molar-refractivity contribution in [1.82, 2.24) is 10.1 Å². The number of aryl methyl sites for hydroxylation is 1. The van der Waals surface area contributed by atoms with E-state index < -0.39 is 0 Å². The molecular weight excluding hydrogens is 230 g/mol. The van der Waals surface area contributed by atoms with E-state index in [0.717, 1.165) is 25.8 Å². The smallest absolute Gasteiger partial charge is 0.226 e. The molecule has 5 nitrogen and oxygen atoms in total. The summed E-state index contributed by atoms with van der Waals surface area (Å²) in [6.07, 6.45) is 2.92. The van der Waals surface area contributed by atoms with Crippen LogP contribution in [0, 0.1) is 11.8 Å². The van der Waals surface area contributed by atoms with Gasteiger partial charge in [-0.15, -0.1) is 0 Å². The second kappa shape index (κ2) is 8.21. The fourth-order valence-electron chi connectivity index (χ4n) is 1.98. The molecule has 18 heavy (non-hydrogen) atoms. The summed E-state index contributed by atoms with van der Waals surface area (Å²) >= 11 is 0. The van der Waals surface area contributed by atoms with Crippen LogP contribution in [0.25, 0.3) is 0 Å². The van der Waals surface area contributed by atoms with Gasteiger partial charge < -0.3 is 15.0 Å². The highest BCUT2D eigenvalue weighted by Gasteiger charge is 2.14. The molecule has 0 saturated carbocycles. The molecule has 0 saturated heterocycles. The Labute approximate surface area is 109 Å². The number of hydrogen-bond acceptors (Lipinski definition) is 5. The summed E-state index contributed by atoms with van der Waals surface area (Å²) in [4.78, 5) is 4.31. The van der Waals surface area contributed by atoms with Crippen LogP contribution in [-0.4, -0.2) is 23.3 Å². The molecule has 1 atom stereocenters. The first-order chi connectivity index (χ1) is 8.67. The normalized spacial score (nSPS) is 13.2. The molecule has 104 valence electrons. The van der Waals surface area contributed by atoms with Gasteiger partial charge in [0.1, 0.15) is 6.61 Å². The van der Waals surface area contributed by atoms with E-state index >= 15 is 0 Å². The third-order valence-corrected chi connectivity index (χ3v) is 3.15. The Hall–Kier alpha value is -0.940. The zero-order valence-corrected chi connectivity index (χ0v) is 11.7. The van der Waals surface area contributed by atoms with Crippen molar-refractivity contribution in [2.24, 2.45) is 17.6 Å². The number of nitrogens with zero attached hydrogens (tertiary/aromatic N) is 2. The Balaban J connectivity index is 2.39. The molecular formula is C13H25N3O2. The van der Waals surface area contributed by atoms with Gasteiger partial charge in [-0.1, -0.05) is 19.0 Å². The highest BCUT2D eigenvalue weighted by atomic mass is 16.5. The molecule has 0 aromatic carbocycles. The van der Waals surface area contributed by atoms with E-state index in [1.54, 1.807) is 0 Å². The summed E-state index contributed by atoms with van der Waals surface area (Å²) in [5.41, 5.74) is 5.63. The summed E-state index contributed by atoms with van der Waals surface area (Å²) in [5.74, 6) is 2.59. The van der Waals surface area contributed by atoms with Crippen molar-refractivity contribution < 1.29 is 9.26 Å². The predicted molar refractivity (Wildman–Crippen MR) is 69.9 cm³/mol. The Morgan fingerprint density at radius 3 is 2.72 bits per heavy atom. The molecule has 1 aromatic heterocycles. The summed E-state index contributed by atoms with van der Waals surface area (Å²) < 4.78 is 10.4. The van der Waals surface area contributed by atoms with E-state index in [4.69, 9.17) is 15.0 Å². The molecule has 5 heteroatoms. The molecule has 1 rings (SSSR count). The van der Waals surface area contributed by atoms with Gasteiger partial charge in [0.05, 0.1) is 0 Å². The predicted octanol–water partition coefficient (Wildman–Crippen LogP) is 2.16. The van der Waals surface area contributed by atoms with Gasteiger partial charge in [-0.2, -0.15) is 4.98 Å². The maximum Gasteiger partial charge on any atom is 0.226 e. The first-order valence-corrected chi connectivity index (χ1v) is 6.76. The summed E-state index contributed by atoms with van der Waals surface area (Å²) in [6, 6.07) is 0. The van der Waals surface area contributed by atoms with Gasteiger partial charge in [0.25, 0.3) is 0 Å². The van der Waals surface area contributed by atoms with E-state index in [1.165, 1.54) is 0 Å². The maximum atomic E-state index is 5.63. The zero-order valence-electron chi connectivity index (χ0n) is 11.7. The molecule has 1 aromatic rings. The van der Waals surface area contributed by atoms with Crippen molar-refractivity contribution in [3.05, 3.63) is 11.7 Å². The Kier molecular flexibility index (Phi) is 6.90. The molecule has 0 aliphatic heterocycles. The number of hydrogen-bond donors (Lipinski definition) is 1. The minimum absolute atomic E-state index is 0.427. The van der Waals surface area contributed by atoms with Crippen LogP contribution in [0.15, 0.2) is 4.52 Å². The lowest BCUT2D eigenvalue weighted by molar-refractivity contribution is 0.126. The summed E-state index contributed by atoms with van der Waals surface area (Å²) in [7, 11) is 0. The SMILES string of the molecule is CCOCc1noc(CCC(CCN)C(C)C)n1. The van der Waals surface area contributed by atoms with Gasteiger partial charge in [0.15, 0.2) is 5.82 Å². The van der Waals surface area contributed by atoms with Crippen molar-refractivity contribution in [1.29, 1.82) is 0 Å². The number of rotatable bonds is 9. The van der Waals surface area contributed by atoms with Crippen LogP contribution in [-0.2, 0) is 17.8 Å². The molecule has 0 radical (unpaired) electrons. The van der Waals surface area contributed by atoms with Crippen LogP contribution < -0.4 is 5.73 Å². The Bertz CT molecular complexity index is 326. The van der Waals surface area contributed by atoms with Crippen LogP contribution in [0.2, 0.25) is 0 Å². The van der Waals surface area contributed by atoms with E-state index in [2.05, 4.69) is 24.0 Å². The van der Waals surface area contributed by atoms with Gasteiger partial charge in [-0.25, -0.2) is 0 Å². The first-order valence-electron chi connectivity index (χ1n) is 6.76. The molecule has 2 N–H and O–H groups in total. The first kappa shape index (κ1) is 15.1. The minimum atomic E-state index is 0.427. The van der Waals surface area contributed by atoms with Crippen molar-refractivity contribution >= 4 is 0 Å². The van der Waals surface area contributed by atoms with Gasteiger partial charge in [0.2, 0.25) is 5.89 Å². The van der Waals surface area contributed by atoms with Crippen LogP contribution in [0.5, 0.6) is 0 Å². The standard InChI is InChI=1S/C13H25N3O2/c1-4-17-9-12-15-13(18-16-12)6-5-11(7-8-14)10(2)3/h10-11H,4-9,14H2,1-3H3. The molecule has 1 unspecified atom stereocenters. The highest BCUT2D eigenvalue weighted by Crippen LogP contribution is 2.20. The van der Waals surface area contributed by atoms with Gasteiger partial charge in [0, 0.05) is 13.0 Å². The lowest BCUT2D eigenvalue weighted by Gasteiger charge is -2.18. The Morgan fingerprint density at radius 2 is 2.11 bits per heavy atom. The average Bonchev–Trinajstić information content (AvgIpc) is 2.79. The Morgan fingerprint density at radius 1 is 1.33 bits per heavy atom. The van der Waals surface area contributed by atoms with Gasteiger partial charge >= 0.3 is 0 Å². The second-order valence-electron chi connectivity index (χ2n) is 4.86.